The lowest BCUT2D eigenvalue weighted by Crippen LogP contribution is -2.16. The molecular formula is C5H5Cl3N2O2. The number of aromatic nitrogens is 2. The smallest absolute Gasteiger partial charge is 0.356 e. The Labute approximate surface area is 83.5 Å². The number of hydrogen-bond acceptors (Lipinski definition) is 2. The van der Waals surface area contributed by atoms with Gasteiger partial charge in [-0.2, -0.15) is 0 Å². The number of carboxylic acid groups (broad SMARTS) is 1. The molecule has 1 aromatic heterocycles. The number of nitrogens with zero attached hydrogens (tertiary/aromatic N) is 1. The molecule has 68 valence electrons. The van der Waals surface area contributed by atoms with Crippen LogP contribution in [0.3, 0.4) is 0 Å². The van der Waals surface area contributed by atoms with Crippen molar-refractivity contribution in [1.29, 1.82) is 0 Å². The molecule has 0 bridgehead atoms. The average molecular weight is 231 g/mol. The van der Waals surface area contributed by atoms with E-state index in [1.54, 1.807) is 18.7 Å². The monoisotopic (exact) mass is 230 g/mol. The Hall–Kier alpha value is -0.450. The van der Waals surface area contributed by atoms with Crippen molar-refractivity contribution < 1.29 is 9.90 Å². The molecule has 0 atom stereocenters. The van der Waals surface area contributed by atoms with Crippen molar-refractivity contribution in [3.05, 3.63) is 18.7 Å². The number of halogens is 3. The Morgan fingerprint density at radius 1 is 1.50 bits per heavy atom. The van der Waals surface area contributed by atoms with Crippen LogP contribution in [0.4, 0.5) is 0 Å². The van der Waals surface area contributed by atoms with Gasteiger partial charge in [-0.05, 0) is 0 Å². The van der Waals surface area contributed by atoms with Gasteiger partial charge in [-0.1, -0.05) is 34.8 Å². The molecule has 1 aromatic rings. The fourth-order valence-corrected chi connectivity index (χ4v) is 0.215. The second kappa shape index (κ2) is 5.24. The molecule has 0 radical (unpaired) electrons. The van der Waals surface area contributed by atoms with Crippen LogP contribution in [0.25, 0.3) is 0 Å². The quantitative estimate of drug-likeness (QED) is 0.670. The van der Waals surface area contributed by atoms with Gasteiger partial charge in [0.1, 0.15) is 0 Å². The van der Waals surface area contributed by atoms with Crippen LogP contribution in [0.1, 0.15) is 0 Å². The summed E-state index contributed by atoms with van der Waals surface area (Å²) < 4.78 is -2.17. The van der Waals surface area contributed by atoms with E-state index in [9.17, 15) is 4.79 Å². The van der Waals surface area contributed by atoms with E-state index in [1.807, 2.05) is 0 Å². The molecule has 0 aliphatic heterocycles. The summed E-state index contributed by atoms with van der Waals surface area (Å²) in [6.07, 6.45) is 5.08. The number of rotatable bonds is 0. The topological polar surface area (TPSA) is 66.0 Å². The molecular weight excluding hydrogens is 226 g/mol. The summed E-state index contributed by atoms with van der Waals surface area (Å²) in [5, 5.41) is 7.85. The zero-order valence-corrected chi connectivity index (χ0v) is 7.94. The number of aliphatic carboxylic acids is 1. The molecule has 2 N–H and O–H groups in total. The van der Waals surface area contributed by atoms with Crippen molar-refractivity contribution in [3.63, 3.8) is 0 Å². The maximum atomic E-state index is 9.62. The van der Waals surface area contributed by atoms with E-state index in [0.29, 0.717) is 0 Å². The Balaban J connectivity index is 0.000000211. The molecule has 12 heavy (non-hydrogen) atoms. The first-order valence-corrected chi connectivity index (χ1v) is 3.81. The van der Waals surface area contributed by atoms with Crippen LogP contribution in [-0.4, -0.2) is 24.8 Å². The van der Waals surface area contributed by atoms with E-state index in [4.69, 9.17) is 39.9 Å². The lowest BCUT2D eigenvalue weighted by Gasteiger charge is -1.99. The van der Waals surface area contributed by atoms with Gasteiger partial charge in [0, 0.05) is 12.4 Å². The lowest BCUT2D eigenvalue weighted by molar-refractivity contribution is -0.135. The summed E-state index contributed by atoms with van der Waals surface area (Å²) in [5.74, 6) is -1.46. The minimum atomic E-state index is -2.17. The van der Waals surface area contributed by atoms with E-state index in [-0.39, 0.29) is 0 Å². The summed E-state index contributed by atoms with van der Waals surface area (Å²) in [6.45, 7) is 0. The lowest BCUT2D eigenvalue weighted by atomic mass is 10.8. The molecule has 1 heterocycles. The Kier molecular flexibility index (Phi) is 5.04. The minimum Gasteiger partial charge on any atom is -0.478 e. The first-order chi connectivity index (χ1) is 5.44. The van der Waals surface area contributed by atoms with Crippen molar-refractivity contribution in [1.82, 2.24) is 9.97 Å². The predicted octanol–water partition coefficient (Wildman–Crippen LogP) is 1.85. The fraction of sp³-hybridized carbons (Fsp3) is 0.200. The van der Waals surface area contributed by atoms with Crippen LogP contribution >= 0.6 is 34.8 Å². The van der Waals surface area contributed by atoms with E-state index in [1.165, 1.54) is 0 Å². The summed E-state index contributed by atoms with van der Waals surface area (Å²) in [6, 6.07) is 0. The van der Waals surface area contributed by atoms with E-state index < -0.39 is 9.76 Å². The van der Waals surface area contributed by atoms with Gasteiger partial charge in [0.05, 0.1) is 6.33 Å². The number of carboxylic acids is 1. The first-order valence-electron chi connectivity index (χ1n) is 2.67. The molecule has 1 rings (SSSR count). The normalized spacial score (nSPS) is 9.92. The highest BCUT2D eigenvalue weighted by molar-refractivity contribution is 6.75. The molecule has 0 aliphatic rings. The van der Waals surface area contributed by atoms with Gasteiger partial charge < -0.3 is 10.1 Å². The molecule has 0 saturated heterocycles. The number of hydrogen-bond donors (Lipinski definition) is 2. The van der Waals surface area contributed by atoms with Crippen LogP contribution in [0.5, 0.6) is 0 Å². The second-order valence-corrected chi connectivity index (χ2v) is 3.84. The molecule has 0 aliphatic carbocycles. The summed E-state index contributed by atoms with van der Waals surface area (Å²) in [5.41, 5.74) is 0. The number of H-pyrrole nitrogens is 1. The van der Waals surface area contributed by atoms with Crippen LogP contribution in [0.15, 0.2) is 18.7 Å². The van der Waals surface area contributed by atoms with Crippen LogP contribution in [0.2, 0.25) is 0 Å². The number of alkyl halides is 3. The van der Waals surface area contributed by atoms with Crippen molar-refractivity contribution in [2.45, 2.75) is 3.79 Å². The molecule has 4 nitrogen and oxygen atoms in total. The Bertz CT molecular complexity index is 202. The van der Waals surface area contributed by atoms with E-state index in [2.05, 4.69) is 9.97 Å². The molecule has 0 saturated carbocycles. The third-order valence-corrected chi connectivity index (χ3v) is 1.13. The standard InChI is InChI=1S/C3H4N2.C2HCl3O2/c1-2-5-3-4-1;3-2(4,5)1(6)7/h1-3H,(H,4,5);(H,6,7). The van der Waals surface area contributed by atoms with Gasteiger partial charge in [-0.15, -0.1) is 0 Å². The maximum absolute atomic E-state index is 9.62. The van der Waals surface area contributed by atoms with Gasteiger partial charge in [0.25, 0.3) is 3.79 Å². The van der Waals surface area contributed by atoms with Crippen molar-refractivity contribution in [2.75, 3.05) is 0 Å². The van der Waals surface area contributed by atoms with Gasteiger partial charge in [0.15, 0.2) is 0 Å². The highest BCUT2D eigenvalue weighted by Gasteiger charge is 2.29. The van der Waals surface area contributed by atoms with Gasteiger partial charge in [-0.3, -0.25) is 0 Å². The molecule has 0 aromatic carbocycles. The summed E-state index contributed by atoms with van der Waals surface area (Å²) in [7, 11) is 0. The number of nitrogens with one attached hydrogen (secondary N) is 1. The van der Waals surface area contributed by atoms with Crippen LogP contribution in [0, 0.1) is 0 Å². The first kappa shape index (κ1) is 11.6. The number of aromatic amines is 1. The van der Waals surface area contributed by atoms with E-state index in [0.717, 1.165) is 0 Å². The number of imidazole rings is 1. The highest BCUT2D eigenvalue weighted by atomic mass is 35.6. The molecule has 7 heteroatoms. The van der Waals surface area contributed by atoms with Gasteiger partial charge in [0.2, 0.25) is 0 Å². The van der Waals surface area contributed by atoms with Crippen molar-refractivity contribution in [2.24, 2.45) is 0 Å². The summed E-state index contributed by atoms with van der Waals surface area (Å²) >= 11 is 14.4. The van der Waals surface area contributed by atoms with Gasteiger partial charge >= 0.3 is 5.97 Å². The summed E-state index contributed by atoms with van der Waals surface area (Å²) in [4.78, 5) is 16.0. The van der Waals surface area contributed by atoms with Crippen molar-refractivity contribution in [3.8, 4) is 0 Å². The molecule has 0 amide bonds. The SMILES string of the molecule is O=C(O)C(Cl)(Cl)Cl.c1c[nH]cn1. The predicted molar refractivity (Wildman–Crippen MR) is 46.5 cm³/mol. The van der Waals surface area contributed by atoms with Gasteiger partial charge in [-0.25, -0.2) is 9.78 Å². The van der Waals surface area contributed by atoms with Crippen LogP contribution < -0.4 is 0 Å². The minimum absolute atomic E-state index is 1.46. The maximum Gasteiger partial charge on any atom is 0.356 e. The molecule has 0 spiro atoms. The Morgan fingerprint density at radius 2 is 2.00 bits per heavy atom. The zero-order valence-electron chi connectivity index (χ0n) is 5.67. The Morgan fingerprint density at radius 3 is 2.08 bits per heavy atom. The van der Waals surface area contributed by atoms with Crippen molar-refractivity contribution >= 4 is 40.8 Å². The largest absolute Gasteiger partial charge is 0.478 e. The highest BCUT2D eigenvalue weighted by Crippen LogP contribution is 2.25. The third kappa shape index (κ3) is 6.27. The van der Waals surface area contributed by atoms with Crippen LogP contribution in [-0.2, 0) is 4.79 Å². The fourth-order valence-electron chi connectivity index (χ4n) is 0.215. The molecule has 0 fully saturated rings. The second-order valence-electron chi connectivity index (χ2n) is 1.56. The third-order valence-electron chi connectivity index (χ3n) is 0.648. The average Bonchev–Trinajstić information content (AvgIpc) is 2.39. The molecule has 0 unspecified atom stereocenters. The zero-order chi connectivity index (χ0) is 9.61. The number of carbonyl (C=O) groups is 1. The van der Waals surface area contributed by atoms with E-state index >= 15 is 0 Å².